The number of carboxylic acids is 1. The van der Waals surface area contributed by atoms with Crippen LogP contribution in [0.2, 0.25) is 0 Å². The number of hydrogen-bond donors (Lipinski definition) is 1. The molecule has 0 saturated carbocycles. The number of allylic oxidation sites excluding steroid dienone is 4. The van der Waals surface area contributed by atoms with Crippen molar-refractivity contribution >= 4 is 11.9 Å². The van der Waals surface area contributed by atoms with Crippen LogP contribution in [-0.4, -0.2) is 24.2 Å². The smallest absolute Gasteiger partial charge is 0.319 e. The van der Waals surface area contributed by atoms with E-state index in [0.29, 0.717) is 0 Å². The quantitative estimate of drug-likeness (QED) is 0.776. The number of aliphatic carboxylic acids is 1. The molecule has 19 heavy (non-hydrogen) atoms. The molecule has 0 unspecified atom stereocenters. The van der Waals surface area contributed by atoms with Gasteiger partial charge in [-0.1, -0.05) is 48.6 Å². The second-order valence-electron chi connectivity index (χ2n) is 4.80. The molecular formula is C15H18O4. The van der Waals surface area contributed by atoms with Crippen molar-refractivity contribution in [2.75, 3.05) is 7.11 Å². The molecule has 4 nitrogen and oxygen atoms in total. The third kappa shape index (κ3) is 3.44. The summed E-state index contributed by atoms with van der Waals surface area (Å²) in [4.78, 5) is 21.4. The predicted molar refractivity (Wildman–Crippen MR) is 72.4 cm³/mol. The van der Waals surface area contributed by atoms with Gasteiger partial charge >= 0.3 is 11.9 Å². The third-order valence-corrected chi connectivity index (χ3v) is 3.08. The van der Waals surface area contributed by atoms with E-state index in [4.69, 9.17) is 5.11 Å². The Morgan fingerprint density at radius 3 is 1.53 bits per heavy atom. The summed E-state index contributed by atoms with van der Waals surface area (Å²) in [5.41, 5.74) is -1.27. The van der Waals surface area contributed by atoms with Crippen LogP contribution in [0.25, 0.3) is 0 Å². The van der Waals surface area contributed by atoms with Gasteiger partial charge in [-0.2, -0.15) is 0 Å². The summed E-state index contributed by atoms with van der Waals surface area (Å²) < 4.78 is 4.60. The zero-order valence-corrected chi connectivity index (χ0v) is 11.3. The first-order valence-electron chi connectivity index (χ1n) is 5.90. The Labute approximate surface area is 112 Å². The SMILES string of the molecule is CC1(C(=O)O)C=CC=C1.COC(=O)C1(C)C=CC=C1. The van der Waals surface area contributed by atoms with Crippen LogP contribution in [0.3, 0.4) is 0 Å². The molecule has 0 spiro atoms. The van der Waals surface area contributed by atoms with Crippen molar-refractivity contribution in [2.24, 2.45) is 10.8 Å². The van der Waals surface area contributed by atoms with E-state index in [9.17, 15) is 9.59 Å². The summed E-state index contributed by atoms with van der Waals surface area (Å²) in [7, 11) is 1.40. The molecule has 102 valence electrons. The van der Waals surface area contributed by atoms with Crippen LogP contribution in [0.15, 0.2) is 48.6 Å². The maximum absolute atomic E-state index is 11.0. The second-order valence-corrected chi connectivity index (χ2v) is 4.80. The summed E-state index contributed by atoms with van der Waals surface area (Å²) in [6.45, 7) is 3.48. The lowest BCUT2D eigenvalue weighted by molar-refractivity contribution is -0.146. The summed E-state index contributed by atoms with van der Waals surface area (Å²) >= 11 is 0. The van der Waals surface area contributed by atoms with Crippen LogP contribution < -0.4 is 0 Å². The fourth-order valence-electron chi connectivity index (χ4n) is 1.63. The fraction of sp³-hybridized carbons (Fsp3) is 0.333. The topological polar surface area (TPSA) is 63.6 Å². The lowest BCUT2D eigenvalue weighted by Crippen LogP contribution is -2.22. The van der Waals surface area contributed by atoms with E-state index in [1.165, 1.54) is 7.11 Å². The van der Waals surface area contributed by atoms with Gasteiger partial charge in [-0.25, -0.2) is 0 Å². The minimum atomic E-state index is -0.799. The molecule has 0 aromatic heterocycles. The second kappa shape index (κ2) is 5.69. The van der Waals surface area contributed by atoms with Gasteiger partial charge in [-0.15, -0.1) is 0 Å². The number of rotatable bonds is 2. The lowest BCUT2D eigenvalue weighted by Gasteiger charge is -2.14. The van der Waals surface area contributed by atoms with Gasteiger partial charge < -0.3 is 9.84 Å². The Bertz CT molecular complexity index is 456. The van der Waals surface area contributed by atoms with Crippen molar-refractivity contribution in [3.05, 3.63) is 48.6 Å². The zero-order chi connectivity index (χ0) is 14.5. The van der Waals surface area contributed by atoms with Crippen molar-refractivity contribution in [3.63, 3.8) is 0 Å². The molecule has 0 fully saturated rings. The molecule has 0 aliphatic heterocycles. The van der Waals surface area contributed by atoms with Gasteiger partial charge in [0.15, 0.2) is 0 Å². The van der Waals surface area contributed by atoms with Crippen LogP contribution in [0.4, 0.5) is 0 Å². The van der Waals surface area contributed by atoms with E-state index >= 15 is 0 Å². The molecule has 0 heterocycles. The van der Waals surface area contributed by atoms with Crippen molar-refractivity contribution in [1.82, 2.24) is 0 Å². The van der Waals surface area contributed by atoms with Crippen molar-refractivity contribution in [2.45, 2.75) is 13.8 Å². The monoisotopic (exact) mass is 262 g/mol. The first-order valence-corrected chi connectivity index (χ1v) is 5.90. The number of ether oxygens (including phenoxy) is 1. The summed E-state index contributed by atoms with van der Waals surface area (Å²) in [6.07, 6.45) is 14.1. The minimum absolute atomic E-state index is 0.211. The first-order chi connectivity index (χ1) is 8.84. The maximum Gasteiger partial charge on any atom is 0.319 e. The average molecular weight is 262 g/mol. The molecule has 0 atom stereocenters. The molecule has 2 aliphatic rings. The Morgan fingerprint density at radius 2 is 1.26 bits per heavy atom. The number of carbonyl (C=O) groups is 2. The van der Waals surface area contributed by atoms with Gasteiger partial charge in [0.2, 0.25) is 0 Å². The third-order valence-electron chi connectivity index (χ3n) is 3.08. The number of esters is 1. The average Bonchev–Trinajstić information content (AvgIpc) is 3.00. The minimum Gasteiger partial charge on any atom is -0.480 e. The van der Waals surface area contributed by atoms with E-state index in [-0.39, 0.29) is 5.97 Å². The number of carbonyl (C=O) groups excluding carboxylic acids is 1. The molecule has 0 aromatic carbocycles. The van der Waals surface area contributed by atoms with Crippen molar-refractivity contribution < 1.29 is 19.4 Å². The zero-order valence-electron chi connectivity index (χ0n) is 11.3. The van der Waals surface area contributed by atoms with E-state index in [0.717, 1.165) is 0 Å². The normalized spacial score (nSPS) is 19.9. The van der Waals surface area contributed by atoms with Gasteiger partial charge in [0.05, 0.1) is 7.11 Å². The Kier molecular flexibility index (Phi) is 4.48. The van der Waals surface area contributed by atoms with E-state index < -0.39 is 16.8 Å². The number of hydrogen-bond acceptors (Lipinski definition) is 3. The molecule has 1 N–H and O–H groups in total. The van der Waals surface area contributed by atoms with E-state index in [1.54, 1.807) is 31.2 Å². The molecule has 2 aliphatic carbocycles. The highest BCUT2D eigenvalue weighted by molar-refractivity contribution is 5.82. The van der Waals surface area contributed by atoms with Gasteiger partial charge in [-0.3, -0.25) is 9.59 Å². The van der Waals surface area contributed by atoms with Gasteiger partial charge in [0, 0.05) is 0 Å². The predicted octanol–water partition coefficient (Wildman–Crippen LogP) is 2.50. The molecule has 2 rings (SSSR count). The Morgan fingerprint density at radius 1 is 0.895 bits per heavy atom. The molecule has 0 bridgehead atoms. The van der Waals surface area contributed by atoms with Gasteiger partial charge in [0.25, 0.3) is 0 Å². The molecule has 0 radical (unpaired) electrons. The van der Waals surface area contributed by atoms with E-state index in [2.05, 4.69) is 4.74 Å². The summed E-state index contributed by atoms with van der Waals surface area (Å²) in [5.74, 6) is -1.01. The molecule has 0 amide bonds. The fourth-order valence-corrected chi connectivity index (χ4v) is 1.63. The van der Waals surface area contributed by atoms with Crippen LogP contribution in [0, 0.1) is 10.8 Å². The molecular weight excluding hydrogens is 244 g/mol. The van der Waals surface area contributed by atoms with Crippen molar-refractivity contribution in [3.8, 4) is 0 Å². The molecule has 0 saturated heterocycles. The van der Waals surface area contributed by atoms with Gasteiger partial charge in [-0.05, 0) is 13.8 Å². The Balaban J connectivity index is 0.000000191. The standard InChI is InChI=1S/C8H10O2.C7H8O2/c1-8(7(9)10-2)5-3-4-6-8;1-7(6(8)9)4-2-3-5-7/h3-6H,1-2H3;2-5H,1H3,(H,8,9). The maximum atomic E-state index is 11.0. The highest BCUT2D eigenvalue weighted by atomic mass is 16.5. The highest BCUT2D eigenvalue weighted by Crippen LogP contribution is 2.26. The lowest BCUT2D eigenvalue weighted by atomic mass is 9.94. The first kappa shape index (κ1) is 15.0. The van der Waals surface area contributed by atoms with Gasteiger partial charge in [0.1, 0.15) is 10.8 Å². The van der Waals surface area contributed by atoms with E-state index in [1.807, 2.05) is 31.2 Å². The van der Waals surface area contributed by atoms with Crippen LogP contribution >= 0.6 is 0 Å². The van der Waals surface area contributed by atoms with Crippen LogP contribution in [0.1, 0.15) is 13.8 Å². The number of methoxy groups -OCH3 is 1. The number of carboxylic acid groups (broad SMARTS) is 1. The summed E-state index contributed by atoms with van der Waals surface area (Å²) in [6, 6.07) is 0. The largest absolute Gasteiger partial charge is 0.480 e. The van der Waals surface area contributed by atoms with Crippen LogP contribution in [0.5, 0.6) is 0 Å². The Hall–Kier alpha value is -2.10. The van der Waals surface area contributed by atoms with Crippen LogP contribution in [-0.2, 0) is 14.3 Å². The molecule has 0 aromatic rings. The molecule has 4 heteroatoms. The van der Waals surface area contributed by atoms with Crippen molar-refractivity contribution in [1.29, 1.82) is 0 Å². The highest BCUT2D eigenvalue weighted by Gasteiger charge is 2.29. The summed E-state index contributed by atoms with van der Waals surface area (Å²) in [5, 5.41) is 8.57.